The van der Waals surface area contributed by atoms with E-state index in [1.165, 1.54) is 0 Å². The minimum absolute atomic E-state index is 0.0896. The minimum atomic E-state index is -0.632. The van der Waals surface area contributed by atoms with Crippen LogP contribution in [0.3, 0.4) is 0 Å². The van der Waals surface area contributed by atoms with Gasteiger partial charge in [0.1, 0.15) is 5.54 Å². The fraction of sp³-hybridized carbons (Fsp3) is 0.643. The molecule has 0 aromatic carbocycles. The van der Waals surface area contributed by atoms with Crippen molar-refractivity contribution in [2.24, 2.45) is 5.73 Å². The molecule has 110 valence electrons. The second-order valence-corrected chi connectivity index (χ2v) is 5.85. The summed E-state index contributed by atoms with van der Waals surface area (Å²) in [5.74, 6) is 0.828. The molecule has 20 heavy (non-hydrogen) atoms. The Hall–Kier alpha value is -1.69. The molecule has 6 nitrogen and oxygen atoms in total. The van der Waals surface area contributed by atoms with Crippen molar-refractivity contribution >= 4 is 11.7 Å². The number of nitrogens with two attached hydrogens (primary N) is 1. The van der Waals surface area contributed by atoms with Gasteiger partial charge in [-0.15, -0.1) is 5.10 Å². The molecule has 1 aromatic heterocycles. The van der Waals surface area contributed by atoms with Crippen molar-refractivity contribution in [3.63, 3.8) is 0 Å². The zero-order chi connectivity index (χ0) is 15.1. The molecule has 1 saturated heterocycles. The quantitative estimate of drug-likeness (QED) is 0.857. The van der Waals surface area contributed by atoms with E-state index in [2.05, 4.69) is 10.2 Å². The summed E-state index contributed by atoms with van der Waals surface area (Å²) in [6, 6.07) is 0. The number of likely N-dealkylation sites (N-methyl/N-ethyl adjacent to an activating group) is 1. The second kappa shape index (κ2) is 5.01. The zero-order valence-electron chi connectivity index (χ0n) is 12.9. The number of carbonyl (C=O) groups is 1. The average molecular weight is 277 g/mol. The Bertz CT molecular complexity index is 541. The maximum atomic E-state index is 12.4. The first-order valence-electron chi connectivity index (χ1n) is 6.86. The number of carbonyl (C=O) groups excluding carboxylic acids is 1. The van der Waals surface area contributed by atoms with Crippen LogP contribution in [0, 0.1) is 13.8 Å². The molecule has 1 aromatic rings. The van der Waals surface area contributed by atoms with Gasteiger partial charge in [0.25, 0.3) is 0 Å². The van der Waals surface area contributed by atoms with Gasteiger partial charge < -0.3 is 15.5 Å². The molecule has 0 aliphatic carbocycles. The predicted molar refractivity (Wildman–Crippen MR) is 78.5 cm³/mol. The van der Waals surface area contributed by atoms with Crippen LogP contribution in [0.5, 0.6) is 0 Å². The van der Waals surface area contributed by atoms with Crippen LogP contribution in [0.2, 0.25) is 0 Å². The van der Waals surface area contributed by atoms with Gasteiger partial charge in [0, 0.05) is 32.2 Å². The Kier molecular flexibility index (Phi) is 3.69. The fourth-order valence-corrected chi connectivity index (χ4v) is 2.69. The lowest BCUT2D eigenvalue weighted by Crippen LogP contribution is -2.62. The average Bonchev–Trinajstić information content (AvgIpc) is 2.40. The molecule has 1 fully saturated rings. The maximum Gasteiger partial charge on any atom is 0.247 e. The van der Waals surface area contributed by atoms with Gasteiger partial charge in [0.15, 0.2) is 5.82 Å². The van der Waals surface area contributed by atoms with E-state index >= 15 is 0 Å². The summed E-state index contributed by atoms with van der Waals surface area (Å²) in [4.78, 5) is 16.2. The standard InChI is InChI=1S/C14H23N5O/c1-9-10(2)16-17-12(11(9)8-15)19-7-6-18(5)13(20)14(19,3)4/h6-8,15H2,1-5H3. The summed E-state index contributed by atoms with van der Waals surface area (Å²) in [7, 11) is 1.83. The summed E-state index contributed by atoms with van der Waals surface area (Å²) < 4.78 is 0. The van der Waals surface area contributed by atoms with Crippen LogP contribution < -0.4 is 10.6 Å². The van der Waals surface area contributed by atoms with E-state index in [1.54, 1.807) is 4.90 Å². The van der Waals surface area contributed by atoms with Crippen LogP contribution in [-0.4, -0.2) is 46.7 Å². The molecule has 2 N–H and O–H groups in total. The molecule has 2 rings (SSSR count). The number of amides is 1. The lowest BCUT2D eigenvalue weighted by Gasteiger charge is -2.45. The molecular weight excluding hydrogens is 254 g/mol. The summed E-state index contributed by atoms with van der Waals surface area (Å²) >= 11 is 0. The highest BCUT2D eigenvalue weighted by atomic mass is 16.2. The first kappa shape index (κ1) is 14.7. The van der Waals surface area contributed by atoms with Gasteiger partial charge in [-0.25, -0.2) is 0 Å². The topological polar surface area (TPSA) is 75.4 Å². The van der Waals surface area contributed by atoms with E-state index in [9.17, 15) is 4.79 Å². The van der Waals surface area contributed by atoms with E-state index in [4.69, 9.17) is 5.73 Å². The summed E-state index contributed by atoms with van der Waals surface area (Å²) in [6.07, 6.45) is 0. The number of hydrogen-bond acceptors (Lipinski definition) is 5. The number of piperazine rings is 1. The van der Waals surface area contributed by atoms with E-state index in [0.29, 0.717) is 13.1 Å². The Morgan fingerprint density at radius 1 is 1.25 bits per heavy atom. The first-order chi connectivity index (χ1) is 9.30. The molecule has 0 saturated carbocycles. The Labute approximate surface area is 120 Å². The summed E-state index contributed by atoms with van der Waals surface area (Å²) in [5, 5.41) is 8.51. The Balaban J connectivity index is 2.51. The van der Waals surface area contributed by atoms with Crippen molar-refractivity contribution < 1.29 is 4.79 Å². The molecule has 0 atom stereocenters. The molecule has 0 radical (unpaired) electrons. The lowest BCUT2D eigenvalue weighted by atomic mass is 9.96. The third kappa shape index (κ3) is 2.14. The maximum absolute atomic E-state index is 12.4. The number of aryl methyl sites for hydroxylation is 1. The van der Waals surface area contributed by atoms with E-state index < -0.39 is 5.54 Å². The Morgan fingerprint density at radius 3 is 2.50 bits per heavy atom. The van der Waals surface area contributed by atoms with Crippen LogP contribution in [0.4, 0.5) is 5.82 Å². The monoisotopic (exact) mass is 277 g/mol. The van der Waals surface area contributed by atoms with E-state index in [1.807, 2.05) is 39.6 Å². The highest BCUT2D eigenvalue weighted by Crippen LogP contribution is 2.30. The zero-order valence-corrected chi connectivity index (χ0v) is 12.9. The highest BCUT2D eigenvalue weighted by Gasteiger charge is 2.42. The van der Waals surface area contributed by atoms with Crippen molar-refractivity contribution in [1.82, 2.24) is 15.1 Å². The third-order valence-electron chi connectivity index (χ3n) is 4.22. The first-order valence-corrected chi connectivity index (χ1v) is 6.86. The molecule has 0 unspecified atom stereocenters. The molecule has 0 bridgehead atoms. The lowest BCUT2D eigenvalue weighted by molar-refractivity contribution is -0.136. The summed E-state index contributed by atoms with van der Waals surface area (Å²) in [5.41, 5.74) is 8.17. The van der Waals surface area contributed by atoms with Crippen LogP contribution in [0.1, 0.15) is 30.7 Å². The van der Waals surface area contributed by atoms with E-state index in [-0.39, 0.29) is 5.91 Å². The second-order valence-electron chi connectivity index (χ2n) is 5.85. The van der Waals surface area contributed by atoms with E-state index in [0.717, 1.165) is 29.2 Å². The Morgan fingerprint density at radius 2 is 1.90 bits per heavy atom. The number of rotatable bonds is 2. The number of anilines is 1. The molecule has 1 aliphatic heterocycles. The van der Waals surface area contributed by atoms with Crippen molar-refractivity contribution in [2.45, 2.75) is 39.8 Å². The molecule has 1 amide bonds. The molecule has 0 spiro atoms. The van der Waals surface area contributed by atoms with Crippen LogP contribution in [0.25, 0.3) is 0 Å². The number of hydrogen-bond donors (Lipinski definition) is 1. The molecular formula is C14H23N5O. The van der Waals surface area contributed by atoms with Crippen molar-refractivity contribution in [1.29, 1.82) is 0 Å². The smallest absolute Gasteiger partial charge is 0.247 e. The van der Waals surface area contributed by atoms with Gasteiger partial charge in [-0.3, -0.25) is 4.79 Å². The van der Waals surface area contributed by atoms with Crippen molar-refractivity contribution in [3.8, 4) is 0 Å². The van der Waals surface area contributed by atoms with Gasteiger partial charge in [0.05, 0.1) is 5.69 Å². The molecule has 6 heteroatoms. The SMILES string of the molecule is Cc1nnc(N2CCN(C)C(=O)C2(C)C)c(CN)c1C. The molecule has 1 aliphatic rings. The van der Waals surface area contributed by atoms with Crippen LogP contribution in [0.15, 0.2) is 0 Å². The fourth-order valence-electron chi connectivity index (χ4n) is 2.69. The normalized spacial score (nSPS) is 18.6. The summed E-state index contributed by atoms with van der Waals surface area (Å²) in [6.45, 7) is 9.57. The van der Waals surface area contributed by atoms with Crippen LogP contribution in [-0.2, 0) is 11.3 Å². The van der Waals surface area contributed by atoms with Gasteiger partial charge in [0.2, 0.25) is 5.91 Å². The largest absolute Gasteiger partial charge is 0.342 e. The van der Waals surface area contributed by atoms with Gasteiger partial charge in [-0.05, 0) is 33.3 Å². The number of nitrogens with zero attached hydrogens (tertiary/aromatic N) is 4. The number of aromatic nitrogens is 2. The van der Waals surface area contributed by atoms with Gasteiger partial charge in [-0.2, -0.15) is 5.10 Å². The van der Waals surface area contributed by atoms with Gasteiger partial charge in [-0.1, -0.05) is 0 Å². The predicted octanol–water partition coefficient (Wildman–Crippen LogP) is 0.609. The highest BCUT2D eigenvalue weighted by molar-refractivity contribution is 5.90. The third-order valence-corrected chi connectivity index (χ3v) is 4.22. The minimum Gasteiger partial charge on any atom is -0.342 e. The molecule has 2 heterocycles. The van der Waals surface area contributed by atoms with Crippen molar-refractivity contribution in [3.05, 3.63) is 16.8 Å². The van der Waals surface area contributed by atoms with Gasteiger partial charge >= 0.3 is 0 Å². The van der Waals surface area contributed by atoms with Crippen LogP contribution >= 0.6 is 0 Å². The van der Waals surface area contributed by atoms with Crippen molar-refractivity contribution in [2.75, 3.05) is 25.0 Å².